The molecule has 1 saturated carbocycles. The number of hydrogen-bond acceptors (Lipinski definition) is 5. The van der Waals surface area contributed by atoms with Gasteiger partial charge >= 0.3 is 5.97 Å². The summed E-state index contributed by atoms with van der Waals surface area (Å²) in [6, 6.07) is 4.40. The average Bonchev–Trinajstić information content (AvgIpc) is 2.64. The van der Waals surface area contributed by atoms with Crippen LogP contribution in [0.5, 0.6) is 5.75 Å². The quantitative estimate of drug-likeness (QED) is 0.693. The summed E-state index contributed by atoms with van der Waals surface area (Å²) in [5.41, 5.74) is -1.10. The van der Waals surface area contributed by atoms with E-state index in [1.54, 1.807) is 0 Å². The lowest BCUT2D eigenvalue weighted by molar-refractivity contribution is -0.154. The van der Waals surface area contributed by atoms with Gasteiger partial charge in [0.15, 0.2) is 0 Å². The number of carboxylic acid groups (broad SMARTS) is 1. The molecule has 1 aromatic carbocycles. The zero-order valence-electron chi connectivity index (χ0n) is 16.8. The van der Waals surface area contributed by atoms with Gasteiger partial charge in [-0.05, 0) is 48.8 Å². The molecule has 0 spiro atoms. The van der Waals surface area contributed by atoms with Crippen LogP contribution in [0.2, 0.25) is 0 Å². The summed E-state index contributed by atoms with van der Waals surface area (Å²) in [7, 11) is 1.38. The van der Waals surface area contributed by atoms with Crippen molar-refractivity contribution in [2.45, 2.75) is 45.6 Å². The largest absolute Gasteiger partial charge is 0.495 e. The van der Waals surface area contributed by atoms with Crippen molar-refractivity contribution in [3.05, 3.63) is 23.8 Å². The van der Waals surface area contributed by atoms with Gasteiger partial charge in [-0.3, -0.25) is 19.3 Å². The third kappa shape index (κ3) is 4.35. The number of rotatable bonds is 7. The first kappa shape index (κ1) is 21.9. The normalized spacial score (nSPS) is 24.6. The smallest absolute Gasteiger partial charge is 0.323 e. The highest BCUT2D eigenvalue weighted by atomic mass is 16.5. The van der Waals surface area contributed by atoms with Crippen molar-refractivity contribution in [1.29, 1.82) is 0 Å². The number of carboxylic acids is 1. The van der Waals surface area contributed by atoms with Gasteiger partial charge in [-0.15, -0.1) is 0 Å². The number of amides is 1. The molecule has 7 nitrogen and oxygen atoms in total. The molecule has 1 aliphatic carbocycles. The zero-order chi connectivity index (χ0) is 21.1. The molecule has 0 aromatic heterocycles. The number of benzene rings is 1. The molecule has 7 heteroatoms. The van der Waals surface area contributed by atoms with E-state index < -0.39 is 24.0 Å². The Labute approximate surface area is 165 Å². The van der Waals surface area contributed by atoms with E-state index in [1.165, 1.54) is 25.3 Å². The SMILES string of the molecule is COc1cc(C=O)ccc1N(CC(=O)O)C(=O)[C@]1(O)C[C@H](C)CC[C@H]1C(C)C. The third-order valence-electron chi connectivity index (χ3n) is 5.59. The Hall–Kier alpha value is -2.41. The first-order valence-corrected chi connectivity index (χ1v) is 9.53. The van der Waals surface area contributed by atoms with Crippen LogP contribution in [-0.4, -0.2) is 47.6 Å². The Bertz CT molecular complexity index is 746. The number of aliphatic carboxylic acids is 1. The number of aliphatic hydroxyl groups is 1. The maximum atomic E-state index is 13.5. The Morgan fingerprint density at radius 2 is 2.04 bits per heavy atom. The molecule has 2 N–H and O–H groups in total. The third-order valence-corrected chi connectivity index (χ3v) is 5.59. The van der Waals surface area contributed by atoms with Crippen LogP contribution in [0.4, 0.5) is 5.69 Å². The number of carbonyl (C=O) groups excluding carboxylic acids is 2. The first-order chi connectivity index (χ1) is 13.1. The fourth-order valence-electron chi connectivity index (χ4n) is 4.24. The molecule has 1 aliphatic rings. The Morgan fingerprint density at radius 1 is 1.36 bits per heavy atom. The predicted molar refractivity (Wildman–Crippen MR) is 105 cm³/mol. The van der Waals surface area contributed by atoms with E-state index in [0.29, 0.717) is 18.3 Å². The molecule has 154 valence electrons. The van der Waals surface area contributed by atoms with Gasteiger partial charge in [0.25, 0.3) is 5.91 Å². The van der Waals surface area contributed by atoms with Crippen LogP contribution in [0.25, 0.3) is 0 Å². The summed E-state index contributed by atoms with van der Waals surface area (Å²) >= 11 is 0. The van der Waals surface area contributed by atoms with Crippen molar-refractivity contribution in [3.63, 3.8) is 0 Å². The standard InChI is InChI=1S/C21H29NO6/c1-13(2)16-7-5-14(3)10-21(16,27)20(26)22(11-19(24)25)17-8-6-15(12-23)9-18(17)28-4/h6,8-9,12-14,16,27H,5,7,10-11H2,1-4H3,(H,24,25)/t14-,16+,21+/m1/s1. The second kappa shape index (κ2) is 8.73. The van der Waals surface area contributed by atoms with Crippen LogP contribution >= 0.6 is 0 Å². The first-order valence-electron chi connectivity index (χ1n) is 9.53. The van der Waals surface area contributed by atoms with Crippen molar-refractivity contribution in [2.24, 2.45) is 17.8 Å². The molecular formula is C21H29NO6. The number of aldehydes is 1. The van der Waals surface area contributed by atoms with E-state index in [4.69, 9.17) is 4.74 Å². The van der Waals surface area contributed by atoms with Crippen molar-refractivity contribution in [1.82, 2.24) is 0 Å². The fourth-order valence-corrected chi connectivity index (χ4v) is 4.24. The van der Waals surface area contributed by atoms with Crippen LogP contribution in [0.15, 0.2) is 18.2 Å². The van der Waals surface area contributed by atoms with Crippen molar-refractivity contribution in [3.8, 4) is 5.75 Å². The molecule has 1 fully saturated rings. The number of methoxy groups -OCH3 is 1. The summed E-state index contributed by atoms with van der Waals surface area (Å²) in [4.78, 5) is 37.1. The number of hydrogen-bond donors (Lipinski definition) is 2. The number of anilines is 1. The van der Waals surface area contributed by atoms with E-state index in [1.807, 2.05) is 20.8 Å². The van der Waals surface area contributed by atoms with Gasteiger partial charge in [-0.1, -0.05) is 27.2 Å². The van der Waals surface area contributed by atoms with Crippen LogP contribution < -0.4 is 9.64 Å². The molecule has 3 atom stereocenters. The molecule has 0 heterocycles. The van der Waals surface area contributed by atoms with Gasteiger partial charge in [-0.2, -0.15) is 0 Å². The Morgan fingerprint density at radius 3 is 2.57 bits per heavy atom. The molecule has 0 saturated heterocycles. The number of ether oxygens (including phenoxy) is 1. The summed E-state index contributed by atoms with van der Waals surface area (Å²) in [5.74, 6) is -1.70. The van der Waals surface area contributed by atoms with Crippen molar-refractivity contribution in [2.75, 3.05) is 18.6 Å². The molecule has 1 amide bonds. The van der Waals surface area contributed by atoms with Crippen molar-refractivity contribution < 1.29 is 29.3 Å². The lowest BCUT2D eigenvalue weighted by Gasteiger charge is -2.45. The summed E-state index contributed by atoms with van der Waals surface area (Å²) in [6.07, 6.45) is 2.53. The molecule has 1 aromatic rings. The van der Waals surface area contributed by atoms with Crippen molar-refractivity contribution >= 4 is 23.9 Å². The Kier molecular flexibility index (Phi) is 6.82. The topological polar surface area (TPSA) is 104 Å². The van der Waals surface area contributed by atoms with Gasteiger partial charge < -0.3 is 14.9 Å². The highest BCUT2D eigenvalue weighted by molar-refractivity contribution is 6.04. The number of carbonyl (C=O) groups is 3. The summed E-state index contributed by atoms with van der Waals surface area (Å²) in [5, 5.41) is 20.9. The molecule has 0 radical (unpaired) electrons. The maximum absolute atomic E-state index is 13.5. The minimum atomic E-state index is -1.66. The molecule has 0 aliphatic heterocycles. The van der Waals surface area contributed by atoms with E-state index in [2.05, 4.69) is 0 Å². The summed E-state index contributed by atoms with van der Waals surface area (Å²) < 4.78 is 5.29. The molecular weight excluding hydrogens is 362 g/mol. The van der Waals surface area contributed by atoms with Crippen LogP contribution in [0.3, 0.4) is 0 Å². The van der Waals surface area contributed by atoms with E-state index in [-0.39, 0.29) is 35.6 Å². The Balaban J connectivity index is 2.54. The lowest BCUT2D eigenvalue weighted by atomic mass is 9.66. The second-order valence-corrected chi connectivity index (χ2v) is 8.00. The lowest BCUT2D eigenvalue weighted by Crippen LogP contribution is -2.58. The minimum absolute atomic E-state index is 0.0625. The molecule has 0 bridgehead atoms. The van der Waals surface area contributed by atoms with Gasteiger partial charge in [0.1, 0.15) is 24.2 Å². The maximum Gasteiger partial charge on any atom is 0.323 e. The van der Waals surface area contributed by atoms with E-state index >= 15 is 0 Å². The second-order valence-electron chi connectivity index (χ2n) is 8.00. The van der Waals surface area contributed by atoms with E-state index in [9.17, 15) is 24.6 Å². The minimum Gasteiger partial charge on any atom is -0.495 e. The van der Waals surface area contributed by atoms with Gasteiger partial charge in [0.2, 0.25) is 0 Å². The van der Waals surface area contributed by atoms with Crippen LogP contribution in [0, 0.1) is 17.8 Å². The fraction of sp³-hybridized carbons (Fsp3) is 0.571. The van der Waals surface area contributed by atoms with Gasteiger partial charge in [0, 0.05) is 5.56 Å². The zero-order valence-corrected chi connectivity index (χ0v) is 16.8. The van der Waals surface area contributed by atoms with Crippen LogP contribution in [0.1, 0.15) is 50.4 Å². The summed E-state index contributed by atoms with van der Waals surface area (Å²) in [6.45, 7) is 5.28. The average molecular weight is 391 g/mol. The molecule has 28 heavy (non-hydrogen) atoms. The highest BCUT2D eigenvalue weighted by Crippen LogP contribution is 2.43. The molecule has 2 rings (SSSR count). The van der Waals surface area contributed by atoms with E-state index in [0.717, 1.165) is 11.3 Å². The van der Waals surface area contributed by atoms with Crippen LogP contribution in [-0.2, 0) is 9.59 Å². The molecule has 0 unspecified atom stereocenters. The number of nitrogens with zero attached hydrogens (tertiary/aromatic N) is 1. The predicted octanol–water partition coefficient (Wildman–Crippen LogP) is 2.75. The monoisotopic (exact) mass is 391 g/mol. The van der Waals surface area contributed by atoms with Gasteiger partial charge in [0.05, 0.1) is 12.8 Å². The highest BCUT2D eigenvalue weighted by Gasteiger charge is 2.50. The van der Waals surface area contributed by atoms with Gasteiger partial charge in [-0.25, -0.2) is 0 Å².